The van der Waals surface area contributed by atoms with E-state index in [2.05, 4.69) is 5.32 Å². The molecular formula is C12H24N2O3. The van der Waals surface area contributed by atoms with E-state index >= 15 is 0 Å². The van der Waals surface area contributed by atoms with Crippen molar-refractivity contribution in [2.24, 2.45) is 0 Å². The Bertz CT molecular complexity index is 228. The lowest BCUT2D eigenvalue weighted by Crippen LogP contribution is -2.53. The third kappa shape index (κ3) is 3.94. The zero-order valence-electron chi connectivity index (χ0n) is 10.9. The molecule has 0 aliphatic carbocycles. The SMILES string of the molecule is CCC(CC)(CO)NCC(=O)N1CCOCC1. The summed E-state index contributed by atoms with van der Waals surface area (Å²) in [6.07, 6.45) is 1.63. The van der Waals surface area contributed by atoms with Gasteiger partial charge in [-0.1, -0.05) is 13.8 Å². The van der Waals surface area contributed by atoms with E-state index < -0.39 is 0 Å². The van der Waals surface area contributed by atoms with Crippen molar-refractivity contribution in [1.29, 1.82) is 0 Å². The van der Waals surface area contributed by atoms with Gasteiger partial charge >= 0.3 is 0 Å². The Kier molecular flexibility index (Phi) is 5.88. The average molecular weight is 244 g/mol. The van der Waals surface area contributed by atoms with Crippen LogP contribution in [0.15, 0.2) is 0 Å². The molecule has 0 atom stereocenters. The fourth-order valence-corrected chi connectivity index (χ4v) is 1.97. The van der Waals surface area contributed by atoms with Crippen molar-refractivity contribution in [3.05, 3.63) is 0 Å². The molecule has 1 aliphatic heterocycles. The van der Waals surface area contributed by atoms with Gasteiger partial charge in [0, 0.05) is 18.6 Å². The Morgan fingerprint density at radius 2 is 1.94 bits per heavy atom. The summed E-state index contributed by atoms with van der Waals surface area (Å²) in [5, 5.41) is 12.6. The fraction of sp³-hybridized carbons (Fsp3) is 0.917. The van der Waals surface area contributed by atoms with Crippen molar-refractivity contribution in [1.82, 2.24) is 10.2 Å². The first-order valence-corrected chi connectivity index (χ1v) is 6.39. The Balaban J connectivity index is 2.40. The number of aliphatic hydroxyl groups excluding tert-OH is 1. The largest absolute Gasteiger partial charge is 0.394 e. The summed E-state index contributed by atoms with van der Waals surface area (Å²) >= 11 is 0. The van der Waals surface area contributed by atoms with Gasteiger partial charge in [-0.05, 0) is 12.8 Å². The van der Waals surface area contributed by atoms with Crippen LogP contribution in [0, 0.1) is 0 Å². The number of rotatable bonds is 6. The van der Waals surface area contributed by atoms with E-state index in [4.69, 9.17) is 4.74 Å². The summed E-state index contributed by atoms with van der Waals surface area (Å²) < 4.78 is 5.20. The Morgan fingerprint density at radius 3 is 2.41 bits per heavy atom. The molecule has 1 fully saturated rings. The van der Waals surface area contributed by atoms with Crippen LogP contribution in [0.5, 0.6) is 0 Å². The second kappa shape index (κ2) is 6.93. The van der Waals surface area contributed by atoms with E-state index in [1.807, 2.05) is 18.7 Å². The highest BCUT2D eigenvalue weighted by Crippen LogP contribution is 2.13. The van der Waals surface area contributed by atoms with Crippen LogP contribution >= 0.6 is 0 Å². The third-order valence-electron chi connectivity index (χ3n) is 3.63. The highest BCUT2D eigenvalue weighted by atomic mass is 16.5. The van der Waals surface area contributed by atoms with Gasteiger partial charge in [0.2, 0.25) is 5.91 Å². The van der Waals surface area contributed by atoms with Crippen LogP contribution in [0.25, 0.3) is 0 Å². The van der Waals surface area contributed by atoms with Crippen molar-refractivity contribution < 1.29 is 14.6 Å². The van der Waals surface area contributed by atoms with Gasteiger partial charge < -0.3 is 20.1 Å². The van der Waals surface area contributed by atoms with Crippen LogP contribution in [0.1, 0.15) is 26.7 Å². The molecule has 0 aromatic heterocycles. The highest BCUT2D eigenvalue weighted by Gasteiger charge is 2.26. The van der Waals surface area contributed by atoms with Gasteiger partial charge in [-0.25, -0.2) is 0 Å². The van der Waals surface area contributed by atoms with Crippen LogP contribution < -0.4 is 5.32 Å². The maximum absolute atomic E-state index is 11.9. The van der Waals surface area contributed by atoms with Gasteiger partial charge in [0.15, 0.2) is 0 Å². The van der Waals surface area contributed by atoms with Gasteiger partial charge in [0.05, 0.1) is 26.4 Å². The minimum atomic E-state index is -0.318. The van der Waals surface area contributed by atoms with Gasteiger partial charge in [-0.3, -0.25) is 4.79 Å². The zero-order chi connectivity index (χ0) is 12.7. The molecule has 0 unspecified atom stereocenters. The number of hydrogen-bond donors (Lipinski definition) is 2. The smallest absolute Gasteiger partial charge is 0.236 e. The summed E-state index contributed by atoms with van der Waals surface area (Å²) in [5.74, 6) is 0.0908. The Hall–Kier alpha value is -0.650. The average Bonchev–Trinajstić information content (AvgIpc) is 2.41. The van der Waals surface area contributed by atoms with Crippen molar-refractivity contribution >= 4 is 5.91 Å². The molecule has 0 bridgehead atoms. The molecule has 5 heteroatoms. The van der Waals surface area contributed by atoms with Crippen LogP contribution in [-0.2, 0) is 9.53 Å². The number of aliphatic hydroxyl groups is 1. The second-order valence-electron chi connectivity index (χ2n) is 4.49. The van der Waals surface area contributed by atoms with Gasteiger partial charge in [0.25, 0.3) is 0 Å². The maximum atomic E-state index is 11.9. The molecule has 5 nitrogen and oxygen atoms in total. The minimum absolute atomic E-state index is 0.0659. The summed E-state index contributed by atoms with van der Waals surface area (Å²) in [4.78, 5) is 13.7. The first-order chi connectivity index (χ1) is 8.17. The van der Waals surface area contributed by atoms with E-state index in [0.29, 0.717) is 32.8 Å². The lowest BCUT2D eigenvalue weighted by atomic mass is 9.94. The fourth-order valence-electron chi connectivity index (χ4n) is 1.97. The topological polar surface area (TPSA) is 61.8 Å². The molecule has 0 radical (unpaired) electrons. The lowest BCUT2D eigenvalue weighted by Gasteiger charge is -2.33. The summed E-state index contributed by atoms with van der Waals surface area (Å²) in [6.45, 7) is 6.99. The number of ether oxygens (including phenoxy) is 1. The van der Waals surface area contributed by atoms with Crippen molar-refractivity contribution in [3.63, 3.8) is 0 Å². The van der Waals surface area contributed by atoms with E-state index in [1.54, 1.807) is 0 Å². The number of carbonyl (C=O) groups excluding carboxylic acids is 1. The molecule has 100 valence electrons. The minimum Gasteiger partial charge on any atom is -0.394 e. The van der Waals surface area contributed by atoms with E-state index in [-0.39, 0.29) is 18.1 Å². The first kappa shape index (κ1) is 14.4. The Labute approximate surface area is 103 Å². The number of nitrogens with one attached hydrogen (secondary N) is 1. The standard InChI is InChI=1S/C12H24N2O3/c1-3-12(4-2,10-15)13-9-11(16)14-5-7-17-8-6-14/h13,15H,3-10H2,1-2H3. The predicted molar refractivity (Wildman–Crippen MR) is 65.8 cm³/mol. The van der Waals surface area contributed by atoms with Crippen molar-refractivity contribution in [2.45, 2.75) is 32.2 Å². The van der Waals surface area contributed by atoms with Crippen LogP contribution in [0.4, 0.5) is 0 Å². The molecule has 1 amide bonds. The molecule has 0 saturated carbocycles. The van der Waals surface area contributed by atoms with E-state index in [1.165, 1.54) is 0 Å². The number of nitrogens with zero attached hydrogens (tertiary/aromatic N) is 1. The molecule has 0 spiro atoms. The first-order valence-electron chi connectivity index (χ1n) is 6.39. The molecule has 1 saturated heterocycles. The molecule has 2 N–H and O–H groups in total. The zero-order valence-corrected chi connectivity index (χ0v) is 10.9. The third-order valence-corrected chi connectivity index (χ3v) is 3.63. The lowest BCUT2D eigenvalue weighted by molar-refractivity contribution is -0.134. The molecule has 0 aromatic carbocycles. The molecule has 17 heavy (non-hydrogen) atoms. The van der Waals surface area contributed by atoms with Gasteiger partial charge in [-0.2, -0.15) is 0 Å². The van der Waals surface area contributed by atoms with Gasteiger partial charge in [0.1, 0.15) is 0 Å². The summed E-state index contributed by atoms with van der Waals surface area (Å²) in [5.41, 5.74) is -0.318. The number of amides is 1. The van der Waals surface area contributed by atoms with E-state index in [9.17, 15) is 9.90 Å². The van der Waals surface area contributed by atoms with Crippen molar-refractivity contribution in [2.75, 3.05) is 39.5 Å². The predicted octanol–water partition coefficient (Wildman–Crippen LogP) is -0.0141. The second-order valence-corrected chi connectivity index (χ2v) is 4.49. The molecule has 1 heterocycles. The van der Waals surface area contributed by atoms with E-state index in [0.717, 1.165) is 12.8 Å². The van der Waals surface area contributed by atoms with Crippen LogP contribution in [0.2, 0.25) is 0 Å². The molecule has 1 aliphatic rings. The Morgan fingerprint density at radius 1 is 1.35 bits per heavy atom. The normalized spacial score (nSPS) is 17.2. The summed E-state index contributed by atoms with van der Waals surface area (Å²) in [7, 11) is 0. The monoisotopic (exact) mass is 244 g/mol. The van der Waals surface area contributed by atoms with Crippen LogP contribution in [0.3, 0.4) is 0 Å². The summed E-state index contributed by atoms with van der Waals surface area (Å²) in [6, 6.07) is 0. The quantitative estimate of drug-likeness (QED) is 0.689. The number of morpholine rings is 1. The van der Waals surface area contributed by atoms with Crippen LogP contribution in [-0.4, -0.2) is 60.9 Å². The number of carbonyl (C=O) groups is 1. The highest BCUT2D eigenvalue weighted by molar-refractivity contribution is 5.78. The molecular weight excluding hydrogens is 220 g/mol. The molecule has 0 aromatic rings. The van der Waals surface area contributed by atoms with Crippen molar-refractivity contribution in [3.8, 4) is 0 Å². The number of hydrogen-bond acceptors (Lipinski definition) is 4. The molecule has 1 rings (SSSR count). The van der Waals surface area contributed by atoms with Gasteiger partial charge in [-0.15, -0.1) is 0 Å². The maximum Gasteiger partial charge on any atom is 0.236 e.